The molecule has 1 aromatic carbocycles. The van der Waals surface area contributed by atoms with Gasteiger partial charge in [0.05, 0.1) is 0 Å². The van der Waals surface area contributed by atoms with Crippen LogP contribution in [-0.4, -0.2) is 27.5 Å². The molecule has 0 aliphatic rings. The fourth-order valence-corrected chi connectivity index (χ4v) is 1.62. The second-order valence-electron chi connectivity index (χ2n) is 5.07. The molecule has 0 aliphatic heterocycles. The molecule has 4 heteroatoms. The zero-order chi connectivity index (χ0) is 11.6. The van der Waals surface area contributed by atoms with Crippen molar-refractivity contribution in [3.8, 4) is 0 Å². The van der Waals surface area contributed by atoms with Crippen molar-refractivity contribution in [3.63, 3.8) is 0 Å². The normalized spacial score (nSPS) is 12.2. The first-order valence-corrected chi connectivity index (χ1v) is 5.59. The largest absolute Gasteiger partial charge is 0.312 e. The Morgan fingerprint density at radius 1 is 1.19 bits per heavy atom. The maximum absolute atomic E-state index is 4.08. The van der Waals surface area contributed by atoms with Gasteiger partial charge in [0.25, 0.3) is 0 Å². The third-order valence-electron chi connectivity index (χ3n) is 2.45. The molecule has 0 aliphatic carbocycles. The molecule has 0 radical (unpaired) electrons. The van der Waals surface area contributed by atoms with Gasteiger partial charge < -0.3 is 5.32 Å². The van der Waals surface area contributed by atoms with Crippen molar-refractivity contribution in [2.45, 2.75) is 32.7 Å². The molecular weight excluding hydrogens is 200 g/mol. The summed E-state index contributed by atoms with van der Waals surface area (Å²) >= 11 is 0. The Hall–Kier alpha value is -1.42. The van der Waals surface area contributed by atoms with Crippen LogP contribution in [0.5, 0.6) is 0 Å². The summed E-state index contributed by atoms with van der Waals surface area (Å²) in [5, 5.41) is 14.2. The number of hydrogen-bond donors (Lipinski definition) is 2. The average molecular weight is 218 g/mol. The van der Waals surface area contributed by atoms with Gasteiger partial charge in [-0.05, 0) is 51.4 Å². The second-order valence-corrected chi connectivity index (χ2v) is 5.07. The number of rotatable bonds is 3. The van der Waals surface area contributed by atoms with E-state index in [9.17, 15) is 0 Å². The molecule has 0 saturated carbocycles. The van der Waals surface area contributed by atoms with Crippen LogP contribution in [0.2, 0.25) is 0 Å². The zero-order valence-electron chi connectivity index (χ0n) is 10.0. The van der Waals surface area contributed by atoms with E-state index >= 15 is 0 Å². The van der Waals surface area contributed by atoms with Crippen LogP contribution in [-0.2, 0) is 6.42 Å². The molecule has 16 heavy (non-hydrogen) atoms. The van der Waals surface area contributed by atoms with E-state index in [-0.39, 0.29) is 5.54 Å². The highest BCUT2D eigenvalue weighted by Crippen LogP contribution is 2.11. The number of H-pyrrole nitrogens is 1. The summed E-state index contributed by atoms with van der Waals surface area (Å²) in [5.41, 5.74) is 3.33. The number of aromatic amines is 1. The Kier molecular flexibility index (Phi) is 2.92. The summed E-state index contributed by atoms with van der Waals surface area (Å²) in [7, 11) is 0. The van der Waals surface area contributed by atoms with Gasteiger partial charge in [-0.15, -0.1) is 0 Å². The SMILES string of the molecule is CC(C)(C)NCCc1ccc2n[nH]nc2c1. The van der Waals surface area contributed by atoms with E-state index in [2.05, 4.69) is 53.6 Å². The number of benzene rings is 1. The smallest absolute Gasteiger partial charge is 0.113 e. The lowest BCUT2D eigenvalue weighted by Crippen LogP contribution is -2.37. The monoisotopic (exact) mass is 218 g/mol. The van der Waals surface area contributed by atoms with Gasteiger partial charge in [0.15, 0.2) is 0 Å². The van der Waals surface area contributed by atoms with Gasteiger partial charge in [-0.1, -0.05) is 6.07 Å². The Morgan fingerprint density at radius 2 is 1.94 bits per heavy atom. The third kappa shape index (κ3) is 2.79. The molecule has 2 N–H and O–H groups in total. The van der Waals surface area contributed by atoms with E-state index in [0.29, 0.717) is 0 Å². The van der Waals surface area contributed by atoms with E-state index in [0.717, 1.165) is 24.0 Å². The number of fused-ring (bicyclic) bond motifs is 1. The molecular formula is C12H18N4. The lowest BCUT2D eigenvalue weighted by Gasteiger charge is -2.20. The number of hydrogen-bond acceptors (Lipinski definition) is 3. The maximum Gasteiger partial charge on any atom is 0.113 e. The molecule has 1 heterocycles. The van der Waals surface area contributed by atoms with Crippen molar-refractivity contribution in [1.82, 2.24) is 20.7 Å². The summed E-state index contributed by atoms with van der Waals surface area (Å²) < 4.78 is 0. The minimum absolute atomic E-state index is 0.179. The van der Waals surface area contributed by atoms with Crippen LogP contribution < -0.4 is 5.32 Å². The first kappa shape index (κ1) is 11.1. The summed E-state index contributed by atoms with van der Waals surface area (Å²) in [6.45, 7) is 7.50. The van der Waals surface area contributed by atoms with E-state index in [1.54, 1.807) is 0 Å². The molecule has 0 atom stereocenters. The first-order chi connectivity index (χ1) is 7.54. The highest BCUT2D eigenvalue weighted by atomic mass is 15.3. The average Bonchev–Trinajstić information content (AvgIpc) is 2.62. The van der Waals surface area contributed by atoms with E-state index in [1.807, 2.05) is 6.07 Å². The Labute approximate surface area is 95.4 Å². The van der Waals surface area contributed by atoms with Gasteiger partial charge in [-0.25, -0.2) is 0 Å². The number of nitrogens with zero attached hydrogens (tertiary/aromatic N) is 2. The van der Waals surface area contributed by atoms with Crippen LogP contribution in [0.3, 0.4) is 0 Å². The quantitative estimate of drug-likeness (QED) is 0.827. The minimum atomic E-state index is 0.179. The summed E-state index contributed by atoms with van der Waals surface area (Å²) in [4.78, 5) is 0. The molecule has 0 bridgehead atoms. The number of aromatic nitrogens is 3. The Morgan fingerprint density at radius 3 is 2.69 bits per heavy atom. The summed E-state index contributed by atoms with van der Waals surface area (Å²) in [6.07, 6.45) is 1.01. The predicted octanol–water partition coefficient (Wildman–Crippen LogP) is 1.89. The minimum Gasteiger partial charge on any atom is -0.312 e. The fraction of sp³-hybridized carbons (Fsp3) is 0.500. The van der Waals surface area contributed by atoms with Gasteiger partial charge in [-0.3, -0.25) is 0 Å². The maximum atomic E-state index is 4.08. The van der Waals surface area contributed by atoms with Crippen LogP contribution in [0, 0.1) is 0 Å². The van der Waals surface area contributed by atoms with Crippen LogP contribution in [0.15, 0.2) is 18.2 Å². The lowest BCUT2D eigenvalue weighted by atomic mass is 10.1. The fourth-order valence-electron chi connectivity index (χ4n) is 1.62. The predicted molar refractivity (Wildman–Crippen MR) is 65.3 cm³/mol. The molecule has 0 amide bonds. The van der Waals surface area contributed by atoms with Gasteiger partial charge in [0.2, 0.25) is 0 Å². The van der Waals surface area contributed by atoms with Crippen molar-refractivity contribution in [2.24, 2.45) is 0 Å². The van der Waals surface area contributed by atoms with E-state index < -0.39 is 0 Å². The Balaban J connectivity index is 1.99. The molecule has 0 spiro atoms. The topological polar surface area (TPSA) is 53.6 Å². The van der Waals surface area contributed by atoms with Crippen LogP contribution in [0.1, 0.15) is 26.3 Å². The second kappa shape index (κ2) is 4.22. The molecule has 86 valence electrons. The summed E-state index contributed by atoms with van der Waals surface area (Å²) in [6, 6.07) is 6.20. The third-order valence-corrected chi connectivity index (χ3v) is 2.45. The van der Waals surface area contributed by atoms with Crippen molar-refractivity contribution < 1.29 is 0 Å². The van der Waals surface area contributed by atoms with E-state index in [1.165, 1.54) is 5.56 Å². The molecule has 4 nitrogen and oxygen atoms in total. The van der Waals surface area contributed by atoms with Crippen molar-refractivity contribution >= 4 is 11.0 Å². The van der Waals surface area contributed by atoms with Gasteiger partial charge in [-0.2, -0.15) is 15.4 Å². The molecule has 0 saturated heterocycles. The van der Waals surface area contributed by atoms with Crippen LogP contribution >= 0.6 is 0 Å². The molecule has 0 unspecified atom stereocenters. The van der Waals surface area contributed by atoms with Crippen molar-refractivity contribution in [3.05, 3.63) is 23.8 Å². The van der Waals surface area contributed by atoms with Crippen molar-refractivity contribution in [2.75, 3.05) is 6.54 Å². The Bertz CT molecular complexity index is 467. The zero-order valence-corrected chi connectivity index (χ0v) is 10.0. The standard InChI is InChI=1S/C12H18N4/c1-12(2,3)13-7-6-9-4-5-10-11(8-9)15-16-14-10/h4-5,8,13H,6-7H2,1-3H3,(H,14,15,16). The van der Waals surface area contributed by atoms with Gasteiger partial charge in [0, 0.05) is 5.54 Å². The highest BCUT2D eigenvalue weighted by molar-refractivity contribution is 5.74. The summed E-state index contributed by atoms with van der Waals surface area (Å²) in [5.74, 6) is 0. The van der Waals surface area contributed by atoms with Crippen LogP contribution in [0.25, 0.3) is 11.0 Å². The van der Waals surface area contributed by atoms with Crippen molar-refractivity contribution in [1.29, 1.82) is 0 Å². The number of nitrogens with one attached hydrogen (secondary N) is 2. The lowest BCUT2D eigenvalue weighted by molar-refractivity contribution is 0.429. The molecule has 2 rings (SSSR count). The van der Waals surface area contributed by atoms with Crippen LogP contribution in [0.4, 0.5) is 0 Å². The molecule has 2 aromatic rings. The van der Waals surface area contributed by atoms with Gasteiger partial charge in [0.1, 0.15) is 11.0 Å². The highest BCUT2D eigenvalue weighted by Gasteiger charge is 2.07. The van der Waals surface area contributed by atoms with Gasteiger partial charge >= 0.3 is 0 Å². The molecule has 1 aromatic heterocycles. The first-order valence-electron chi connectivity index (χ1n) is 5.59. The molecule has 0 fully saturated rings. The van der Waals surface area contributed by atoms with E-state index in [4.69, 9.17) is 0 Å².